The summed E-state index contributed by atoms with van der Waals surface area (Å²) < 4.78 is 57.2. The van der Waals surface area contributed by atoms with Crippen LogP contribution in [0.5, 0.6) is 0 Å². The van der Waals surface area contributed by atoms with Gasteiger partial charge in [0.05, 0.1) is 5.75 Å². The van der Waals surface area contributed by atoms with Crippen LogP contribution >= 0.6 is 0 Å². The van der Waals surface area contributed by atoms with E-state index in [1.54, 1.807) is 0 Å². The Kier molecular flexibility index (Phi) is 34.2. The van der Waals surface area contributed by atoms with Crippen LogP contribution in [0.3, 0.4) is 0 Å². The third-order valence-corrected chi connectivity index (χ3v) is 1.09. The second-order valence-electron chi connectivity index (χ2n) is 1.80. The molecule has 0 aromatic heterocycles. The minimum atomic E-state index is -3.66. The molecule has 9 nitrogen and oxygen atoms in total. The second-order valence-corrected chi connectivity index (χ2v) is 3.54. The maximum Gasteiger partial charge on any atom is 1.00 e. The van der Waals surface area contributed by atoms with Gasteiger partial charge in [0, 0.05) is 0 Å². The molecule has 0 heterocycles. The minimum absolute atomic E-state index is 0. The topological polar surface area (TPSA) is 176 Å². The van der Waals surface area contributed by atoms with Gasteiger partial charge in [0.15, 0.2) is 0 Å². The van der Waals surface area contributed by atoms with Crippen LogP contribution in [0.15, 0.2) is 0 Å². The molecule has 0 atom stereocenters. The molecule has 0 aromatic carbocycles. The van der Waals surface area contributed by atoms with Crippen LogP contribution in [0.4, 0.5) is 12.9 Å². The summed E-state index contributed by atoms with van der Waals surface area (Å²) in [6, 6.07) is 0. The maximum atomic E-state index is 10.1. The van der Waals surface area contributed by atoms with E-state index in [0.717, 1.165) is 0 Å². The van der Waals surface area contributed by atoms with Crippen LogP contribution in [-0.4, -0.2) is 71.1 Å². The number of hydrogen-bond donors (Lipinski definition) is 7. The van der Waals surface area contributed by atoms with Crippen molar-refractivity contribution in [1.82, 2.24) is 0 Å². The van der Waals surface area contributed by atoms with Crippen LogP contribution in [0, 0.1) is 0 Å². The van der Waals surface area contributed by atoms with Crippen LogP contribution in [0.2, 0.25) is 0 Å². The molecule has 0 bridgehead atoms. The van der Waals surface area contributed by atoms with Crippen molar-refractivity contribution in [1.29, 1.82) is 0 Å². The molecule has 0 spiro atoms. The van der Waals surface area contributed by atoms with Gasteiger partial charge in [0.25, 0.3) is 10.1 Å². The quantitative estimate of drug-likeness (QED) is 0.183. The molecule has 0 fully saturated rings. The fourth-order valence-electron chi connectivity index (χ4n) is 0. The van der Waals surface area contributed by atoms with Gasteiger partial charge in [0.2, 0.25) is 0 Å². The Bertz CT molecular complexity index is 224. The van der Waals surface area contributed by atoms with E-state index < -0.39 is 32.3 Å². The summed E-state index contributed by atoms with van der Waals surface area (Å²) in [5.74, 6) is -0.201. The molecule has 17 heteroatoms. The number of halogens is 3. The van der Waals surface area contributed by atoms with Crippen LogP contribution in [-0.2, 0) is 10.1 Å². The summed E-state index contributed by atoms with van der Waals surface area (Å²) in [6.45, 7) is 1.37. The van der Waals surface area contributed by atoms with E-state index in [1.807, 2.05) is 0 Å². The fourth-order valence-corrected chi connectivity index (χ4v) is 0. The standard InChI is InChI=1S/C2H6O3S.3BFH2O2.Li.H/c1-2-6(3,4)5;3*2-1(3)4;;/h2H2,1H3,(H,3,4,5);3*3-4H;;/q;;;;+1;-1. The van der Waals surface area contributed by atoms with Gasteiger partial charge in [-0.15, -0.1) is 0 Å². The van der Waals surface area contributed by atoms with Crippen molar-refractivity contribution in [2.24, 2.45) is 0 Å². The van der Waals surface area contributed by atoms with Gasteiger partial charge in [-0.25, -0.2) is 0 Å². The average Bonchev–Trinajstić information content (AvgIpc) is 1.99. The molecule has 0 aliphatic carbocycles. The Labute approximate surface area is 122 Å². The third-order valence-electron chi connectivity index (χ3n) is 0.365. The van der Waals surface area contributed by atoms with Gasteiger partial charge in [-0.1, -0.05) is 0 Å². The summed E-state index contributed by atoms with van der Waals surface area (Å²) in [7, 11) is -11.7. The predicted molar refractivity (Wildman–Crippen MR) is 57.1 cm³/mol. The average molecular weight is 310 g/mol. The fraction of sp³-hybridized carbons (Fsp3) is 1.00. The first-order valence-electron chi connectivity index (χ1n) is 3.72. The minimum Gasteiger partial charge on any atom is -1.00 e. The largest absolute Gasteiger partial charge is 1.00 e. The smallest absolute Gasteiger partial charge is 1.00 e. The molecule has 7 N–H and O–H groups in total. The van der Waals surface area contributed by atoms with Crippen molar-refractivity contribution < 1.29 is 76.3 Å². The van der Waals surface area contributed by atoms with E-state index in [1.165, 1.54) is 6.92 Å². The van der Waals surface area contributed by atoms with Gasteiger partial charge >= 0.3 is 41.0 Å². The zero-order valence-corrected chi connectivity index (χ0v) is 10.7. The van der Waals surface area contributed by atoms with Crippen molar-refractivity contribution in [2.75, 3.05) is 5.75 Å². The Morgan fingerprint density at radius 2 is 0.947 bits per heavy atom. The van der Waals surface area contributed by atoms with Crippen LogP contribution < -0.4 is 18.9 Å². The molecule has 112 valence electrons. The number of rotatable bonds is 1. The molecule has 0 aliphatic rings. The number of hydrogen-bond acceptors (Lipinski definition) is 8. The van der Waals surface area contributed by atoms with Gasteiger partial charge < -0.3 is 31.6 Å². The van der Waals surface area contributed by atoms with E-state index in [9.17, 15) is 21.4 Å². The molecular formula is C2H13B3F3LiO9S. The molecule has 19 heavy (non-hydrogen) atoms. The SMILES string of the molecule is CCS(=O)(=O)O.OB(O)F.OB(O)F.OB(O)F.[H-].[Li+]. The Balaban J connectivity index is -0.0000000322. The van der Waals surface area contributed by atoms with Crippen molar-refractivity contribution >= 4 is 32.3 Å². The first kappa shape index (κ1) is 31.6. The van der Waals surface area contributed by atoms with Gasteiger partial charge in [-0.2, -0.15) is 8.42 Å². The summed E-state index contributed by atoms with van der Waals surface area (Å²) in [6.07, 6.45) is 0. The summed E-state index contributed by atoms with van der Waals surface area (Å²) >= 11 is 0. The summed E-state index contributed by atoms with van der Waals surface area (Å²) in [5.41, 5.74) is 0. The zero-order valence-electron chi connectivity index (χ0n) is 10.9. The van der Waals surface area contributed by atoms with Gasteiger partial charge in [-0.3, -0.25) is 17.5 Å². The second kappa shape index (κ2) is 20.6. The summed E-state index contributed by atoms with van der Waals surface area (Å²) in [4.78, 5) is 0. The van der Waals surface area contributed by atoms with E-state index in [4.69, 9.17) is 34.7 Å². The van der Waals surface area contributed by atoms with E-state index in [0.29, 0.717) is 0 Å². The summed E-state index contributed by atoms with van der Waals surface area (Å²) in [5, 5.41) is 41.7. The molecule has 0 radical (unpaired) electrons. The third kappa shape index (κ3) is 456. The van der Waals surface area contributed by atoms with Crippen molar-refractivity contribution in [3.8, 4) is 0 Å². The molecule has 0 aliphatic heterocycles. The van der Waals surface area contributed by atoms with Crippen LogP contribution in [0.1, 0.15) is 8.35 Å². The first-order valence-corrected chi connectivity index (χ1v) is 5.32. The Hall–Kier alpha value is 0.252. The van der Waals surface area contributed by atoms with Gasteiger partial charge in [-0.05, 0) is 6.92 Å². The normalized spacial score (nSPS) is 7.95. The molecule has 0 amide bonds. The monoisotopic (exact) mass is 310 g/mol. The zero-order chi connectivity index (χ0) is 15.9. The van der Waals surface area contributed by atoms with E-state index in [2.05, 4.69) is 0 Å². The van der Waals surface area contributed by atoms with E-state index in [-0.39, 0.29) is 26.0 Å². The molecule has 0 rings (SSSR count). The molecule has 0 saturated heterocycles. The maximum absolute atomic E-state index is 10.1. The van der Waals surface area contributed by atoms with Crippen LogP contribution in [0.25, 0.3) is 0 Å². The molecular weight excluding hydrogens is 296 g/mol. The van der Waals surface area contributed by atoms with Crippen molar-refractivity contribution in [3.05, 3.63) is 0 Å². The molecule has 0 saturated carbocycles. The first-order chi connectivity index (χ1) is 7.76. The Morgan fingerprint density at radius 3 is 0.947 bits per heavy atom. The van der Waals surface area contributed by atoms with Gasteiger partial charge in [0.1, 0.15) is 0 Å². The molecule has 0 unspecified atom stereocenters. The molecule has 0 aromatic rings. The van der Waals surface area contributed by atoms with E-state index >= 15 is 0 Å². The van der Waals surface area contributed by atoms with Crippen molar-refractivity contribution in [2.45, 2.75) is 6.92 Å². The van der Waals surface area contributed by atoms with Crippen molar-refractivity contribution in [3.63, 3.8) is 0 Å². The predicted octanol–water partition coefficient (Wildman–Crippen LogP) is -6.21. The Morgan fingerprint density at radius 1 is 0.895 bits per heavy atom.